The van der Waals surface area contributed by atoms with Crippen molar-refractivity contribution in [2.45, 2.75) is 18.2 Å². The van der Waals surface area contributed by atoms with Gasteiger partial charge in [0.15, 0.2) is 5.78 Å². The predicted octanol–water partition coefficient (Wildman–Crippen LogP) is 2.85. The molecule has 2 heterocycles. The van der Waals surface area contributed by atoms with Crippen LogP contribution in [0.2, 0.25) is 0 Å². The minimum Gasteiger partial charge on any atom is -0.292 e. The molecule has 0 unspecified atom stereocenters. The smallest absolute Gasteiger partial charge is 0.267 e. The molecule has 1 aromatic carbocycles. The van der Waals surface area contributed by atoms with Crippen LogP contribution in [0.15, 0.2) is 72.0 Å². The summed E-state index contributed by atoms with van der Waals surface area (Å²) in [7, 11) is -3.65. The predicted molar refractivity (Wildman–Crippen MR) is 90.5 cm³/mol. The van der Waals surface area contributed by atoms with E-state index >= 15 is 0 Å². The monoisotopic (exact) mass is 340 g/mol. The fourth-order valence-corrected chi connectivity index (χ4v) is 3.70. The van der Waals surface area contributed by atoms with Gasteiger partial charge in [-0.2, -0.15) is 0 Å². The SMILES string of the molecule is Cc1cccc(S(=O)(=O)n2ccc(CC(=O)c3ccccn3)c2)c1. The zero-order valence-corrected chi connectivity index (χ0v) is 13.9. The standard InChI is InChI=1S/C18H16N2O3S/c1-14-5-4-6-16(11-14)24(22,23)20-10-8-15(13-20)12-18(21)17-7-2-3-9-19-17/h2-11,13H,12H2,1H3. The molecule has 122 valence electrons. The van der Waals surface area contributed by atoms with E-state index in [4.69, 9.17) is 0 Å². The van der Waals surface area contributed by atoms with Crippen LogP contribution in [0.25, 0.3) is 0 Å². The van der Waals surface area contributed by atoms with E-state index in [1.807, 2.05) is 13.0 Å². The van der Waals surface area contributed by atoms with Gasteiger partial charge in [0.25, 0.3) is 10.0 Å². The van der Waals surface area contributed by atoms with Crippen LogP contribution < -0.4 is 0 Å². The summed E-state index contributed by atoms with van der Waals surface area (Å²) in [5.74, 6) is -0.152. The number of pyridine rings is 1. The molecule has 0 spiro atoms. The van der Waals surface area contributed by atoms with Crippen molar-refractivity contribution in [3.63, 3.8) is 0 Å². The number of carbonyl (C=O) groups excluding carboxylic acids is 1. The first kappa shape index (κ1) is 16.1. The second-order valence-electron chi connectivity index (χ2n) is 5.49. The Bertz CT molecular complexity index is 976. The van der Waals surface area contributed by atoms with Crippen molar-refractivity contribution in [3.8, 4) is 0 Å². The molecule has 0 saturated carbocycles. The largest absolute Gasteiger partial charge is 0.292 e. The van der Waals surface area contributed by atoms with Crippen LogP contribution in [0.3, 0.4) is 0 Å². The van der Waals surface area contributed by atoms with Crippen molar-refractivity contribution in [2.75, 3.05) is 0 Å². The number of ketones is 1. The van der Waals surface area contributed by atoms with E-state index in [0.717, 1.165) is 9.54 Å². The molecule has 0 N–H and O–H groups in total. The molecule has 0 aliphatic carbocycles. The Balaban J connectivity index is 1.84. The number of aryl methyl sites for hydroxylation is 1. The number of benzene rings is 1. The lowest BCUT2D eigenvalue weighted by Gasteiger charge is -2.06. The van der Waals surface area contributed by atoms with Crippen LogP contribution in [0.5, 0.6) is 0 Å². The molecule has 5 nitrogen and oxygen atoms in total. The highest BCUT2D eigenvalue weighted by atomic mass is 32.2. The molecule has 0 fully saturated rings. The summed E-state index contributed by atoms with van der Waals surface area (Å²) in [5, 5.41) is 0. The fraction of sp³-hybridized carbons (Fsp3) is 0.111. The molecule has 0 saturated heterocycles. The van der Waals surface area contributed by atoms with Crippen LogP contribution in [0, 0.1) is 6.92 Å². The summed E-state index contributed by atoms with van der Waals surface area (Å²) in [6, 6.07) is 13.5. The van der Waals surface area contributed by atoms with Gasteiger partial charge in [0.1, 0.15) is 5.69 Å². The second-order valence-corrected chi connectivity index (χ2v) is 7.33. The number of rotatable bonds is 5. The number of nitrogens with zero attached hydrogens (tertiary/aromatic N) is 2. The van der Waals surface area contributed by atoms with Crippen LogP contribution in [-0.2, 0) is 16.4 Å². The summed E-state index contributed by atoms with van der Waals surface area (Å²) >= 11 is 0. The summed E-state index contributed by atoms with van der Waals surface area (Å²) in [6.45, 7) is 1.84. The summed E-state index contributed by atoms with van der Waals surface area (Å²) in [4.78, 5) is 16.4. The van der Waals surface area contributed by atoms with Crippen LogP contribution in [0.1, 0.15) is 21.6 Å². The second kappa shape index (κ2) is 6.41. The van der Waals surface area contributed by atoms with Crippen molar-refractivity contribution in [3.05, 3.63) is 83.9 Å². The first-order valence-corrected chi connectivity index (χ1v) is 8.84. The van der Waals surface area contributed by atoms with E-state index in [1.165, 1.54) is 12.4 Å². The molecule has 3 aromatic rings. The molecular formula is C18H16N2O3S. The van der Waals surface area contributed by atoms with E-state index in [0.29, 0.717) is 11.3 Å². The molecular weight excluding hydrogens is 324 g/mol. The van der Waals surface area contributed by atoms with Crippen molar-refractivity contribution in [1.29, 1.82) is 0 Å². The van der Waals surface area contributed by atoms with Gasteiger partial charge in [0.05, 0.1) is 4.90 Å². The lowest BCUT2D eigenvalue weighted by atomic mass is 10.1. The highest BCUT2D eigenvalue weighted by Gasteiger charge is 2.17. The first-order chi connectivity index (χ1) is 11.5. The zero-order chi connectivity index (χ0) is 17.2. The molecule has 0 aliphatic rings. The zero-order valence-electron chi connectivity index (χ0n) is 13.1. The number of hydrogen-bond donors (Lipinski definition) is 0. The third-order valence-corrected chi connectivity index (χ3v) is 5.24. The molecule has 6 heteroatoms. The van der Waals surface area contributed by atoms with Gasteiger partial charge in [0, 0.05) is 25.0 Å². The Labute approximate surface area is 140 Å². The molecule has 0 amide bonds. The number of carbonyl (C=O) groups is 1. The molecule has 0 aliphatic heterocycles. The topological polar surface area (TPSA) is 69.0 Å². The van der Waals surface area contributed by atoms with Gasteiger partial charge in [-0.25, -0.2) is 12.4 Å². The van der Waals surface area contributed by atoms with Gasteiger partial charge in [-0.15, -0.1) is 0 Å². The van der Waals surface area contributed by atoms with E-state index in [-0.39, 0.29) is 17.1 Å². The Morgan fingerprint density at radius 3 is 2.67 bits per heavy atom. The van der Waals surface area contributed by atoms with E-state index < -0.39 is 10.0 Å². The maximum atomic E-state index is 12.6. The summed E-state index contributed by atoms with van der Waals surface area (Å²) < 4.78 is 26.4. The highest BCUT2D eigenvalue weighted by Crippen LogP contribution is 2.17. The average Bonchev–Trinajstić information content (AvgIpc) is 3.05. The van der Waals surface area contributed by atoms with Gasteiger partial charge in [-0.1, -0.05) is 18.2 Å². The third-order valence-electron chi connectivity index (χ3n) is 3.61. The van der Waals surface area contributed by atoms with Gasteiger partial charge in [0.2, 0.25) is 0 Å². The Morgan fingerprint density at radius 2 is 1.96 bits per heavy atom. The van der Waals surface area contributed by atoms with Crippen LogP contribution in [0.4, 0.5) is 0 Å². The van der Waals surface area contributed by atoms with Crippen LogP contribution >= 0.6 is 0 Å². The fourth-order valence-electron chi connectivity index (χ4n) is 2.37. The van der Waals surface area contributed by atoms with Gasteiger partial charge in [-0.3, -0.25) is 9.78 Å². The lowest BCUT2D eigenvalue weighted by Crippen LogP contribution is -2.11. The van der Waals surface area contributed by atoms with E-state index in [9.17, 15) is 13.2 Å². The number of aromatic nitrogens is 2. The molecule has 2 aromatic heterocycles. The lowest BCUT2D eigenvalue weighted by molar-refractivity contribution is 0.0988. The molecule has 3 rings (SSSR count). The molecule has 24 heavy (non-hydrogen) atoms. The minimum absolute atomic E-state index is 0.105. The Hall–Kier alpha value is -2.73. The normalized spacial score (nSPS) is 11.4. The van der Waals surface area contributed by atoms with E-state index in [1.54, 1.807) is 48.7 Å². The maximum absolute atomic E-state index is 12.6. The molecule has 0 radical (unpaired) electrons. The van der Waals surface area contributed by atoms with Gasteiger partial charge in [-0.05, 0) is 48.4 Å². The van der Waals surface area contributed by atoms with E-state index in [2.05, 4.69) is 4.98 Å². The Kier molecular flexibility index (Phi) is 4.31. The summed E-state index contributed by atoms with van der Waals surface area (Å²) in [6.07, 6.45) is 4.59. The number of hydrogen-bond acceptors (Lipinski definition) is 4. The highest BCUT2D eigenvalue weighted by molar-refractivity contribution is 7.90. The quantitative estimate of drug-likeness (QED) is 0.670. The van der Waals surface area contributed by atoms with Crippen molar-refractivity contribution in [2.24, 2.45) is 0 Å². The minimum atomic E-state index is -3.65. The summed E-state index contributed by atoms with van der Waals surface area (Å²) in [5.41, 5.74) is 1.86. The molecule has 0 atom stereocenters. The first-order valence-electron chi connectivity index (χ1n) is 7.40. The van der Waals surface area contributed by atoms with Crippen LogP contribution in [-0.4, -0.2) is 23.2 Å². The van der Waals surface area contributed by atoms with Crippen molar-refractivity contribution in [1.82, 2.24) is 8.96 Å². The van der Waals surface area contributed by atoms with Crippen molar-refractivity contribution < 1.29 is 13.2 Å². The third kappa shape index (κ3) is 3.28. The molecule has 0 bridgehead atoms. The average molecular weight is 340 g/mol. The number of Topliss-reactive ketones (excluding diaryl/α,β-unsaturated/α-hetero) is 1. The van der Waals surface area contributed by atoms with Gasteiger partial charge < -0.3 is 0 Å². The Morgan fingerprint density at radius 1 is 1.12 bits per heavy atom. The maximum Gasteiger partial charge on any atom is 0.267 e. The van der Waals surface area contributed by atoms with Gasteiger partial charge >= 0.3 is 0 Å². The van der Waals surface area contributed by atoms with Crippen molar-refractivity contribution >= 4 is 15.8 Å².